The van der Waals surface area contributed by atoms with Crippen molar-refractivity contribution in [1.29, 1.82) is 0 Å². The van der Waals surface area contributed by atoms with Gasteiger partial charge in [0, 0.05) is 37.6 Å². The van der Waals surface area contributed by atoms with Crippen LogP contribution in [0.1, 0.15) is 39.5 Å². The molecule has 160 valence electrons. The molecule has 29 heavy (non-hydrogen) atoms. The molecule has 1 aromatic carbocycles. The third kappa shape index (κ3) is 4.65. The molecule has 2 fully saturated rings. The second-order valence-electron chi connectivity index (χ2n) is 8.57. The molecule has 0 unspecified atom stereocenters. The molecule has 0 bridgehead atoms. The first-order valence-electron chi connectivity index (χ1n) is 10.7. The highest BCUT2D eigenvalue weighted by molar-refractivity contribution is 5.86. The van der Waals surface area contributed by atoms with Crippen LogP contribution in [0, 0.1) is 0 Å². The number of nitrogens with zero attached hydrogens (tertiary/aromatic N) is 3. The fraction of sp³-hybridized carbons (Fsp3) is 0.636. The van der Waals surface area contributed by atoms with Crippen molar-refractivity contribution >= 4 is 16.7 Å². The van der Waals surface area contributed by atoms with Gasteiger partial charge in [-0.3, -0.25) is 0 Å². The highest BCUT2D eigenvalue weighted by Crippen LogP contribution is 2.34. The van der Waals surface area contributed by atoms with E-state index in [0.29, 0.717) is 17.4 Å². The van der Waals surface area contributed by atoms with E-state index in [2.05, 4.69) is 23.6 Å². The molecule has 4 rings (SSSR count). The largest absolute Gasteiger partial charge is 0.490 e. The van der Waals surface area contributed by atoms with E-state index in [9.17, 15) is 13.2 Å². The molecule has 0 spiro atoms. The molecular weight excluding hydrogens is 379 g/mol. The summed E-state index contributed by atoms with van der Waals surface area (Å²) in [6, 6.07) is 7.93. The van der Waals surface area contributed by atoms with Crippen molar-refractivity contribution in [2.45, 2.75) is 64.4 Å². The second-order valence-corrected chi connectivity index (χ2v) is 8.57. The second kappa shape index (κ2) is 8.09. The number of aromatic nitrogens is 1. The van der Waals surface area contributed by atoms with Gasteiger partial charge in [0.15, 0.2) is 0 Å². The summed E-state index contributed by atoms with van der Waals surface area (Å²) in [5.41, 5.74) is 0.617. The number of anilines is 1. The summed E-state index contributed by atoms with van der Waals surface area (Å²) in [4.78, 5) is 4.51. The summed E-state index contributed by atoms with van der Waals surface area (Å²) < 4.78 is 47.3. The summed E-state index contributed by atoms with van der Waals surface area (Å²) in [7, 11) is 0. The maximum atomic E-state index is 13.2. The molecule has 1 aromatic heterocycles. The predicted molar refractivity (Wildman–Crippen MR) is 110 cm³/mol. The topological polar surface area (TPSA) is 20.6 Å². The Morgan fingerprint density at radius 3 is 2.34 bits per heavy atom. The molecule has 0 atom stereocenters. The Balaban J connectivity index is 1.56. The number of ether oxygens (including phenoxy) is 1. The molecule has 7 heteroatoms. The molecule has 0 aliphatic carbocycles. The first-order chi connectivity index (χ1) is 13.8. The summed E-state index contributed by atoms with van der Waals surface area (Å²) >= 11 is 0. The number of likely N-dealkylation sites (tertiary alicyclic amines) is 1. The lowest BCUT2D eigenvalue weighted by molar-refractivity contribution is -0.139. The Morgan fingerprint density at radius 1 is 1.03 bits per heavy atom. The number of alkyl halides is 3. The standard InChI is InChI=1S/C22H30F3N3O/c1-16(2)26-11-7-18(8-12-26)29-19-5-6-20-17(13-19)14-21(27-9-3-4-10-27)28(20)15-22(23,24)25/h5-6,13-14,16,18H,3-4,7-12,15H2,1-2H3. The zero-order valence-electron chi connectivity index (χ0n) is 17.2. The van der Waals surface area contributed by atoms with Crippen molar-refractivity contribution < 1.29 is 17.9 Å². The van der Waals surface area contributed by atoms with Crippen LogP contribution in [0.25, 0.3) is 10.9 Å². The van der Waals surface area contributed by atoms with Gasteiger partial charge in [-0.05, 0) is 63.8 Å². The van der Waals surface area contributed by atoms with Crippen LogP contribution in [0.2, 0.25) is 0 Å². The Hall–Kier alpha value is -1.89. The number of fused-ring (bicyclic) bond motifs is 1. The van der Waals surface area contributed by atoms with E-state index in [-0.39, 0.29) is 6.10 Å². The van der Waals surface area contributed by atoms with E-state index in [1.165, 1.54) is 4.57 Å². The molecule has 0 saturated carbocycles. The summed E-state index contributed by atoms with van der Waals surface area (Å²) in [5, 5.41) is 0.813. The number of benzene rings is 1. The molecule has 2 saturated heterocycles. The van der Waals surface area contributed by atoms with E-state index < -0.39 is 12.7 Å². The maximum Gasteiger partial charge on any atom is 0.406 e. The van der Waals surface area contributed by atoms with Gasteiger partial charge < -0.3 is 19.1 Å². The molecular formula is C22H30F3N3O. The lowest BCUT2D eigenvalue weighted by Gasteiger charge is -2.34. The van der Waals surface area contributed by atoms with Crippen LogP contribution in [0.5, 0.6) is 5.75 Å². The Labute approximate surface area is 170 Å². The van der Waals surface area contributed by atoms with Gasteiger partial charge in [0.05, 0.1) is 5.52 Å². The molecule has 2 aromatic rings. The minimum atomic E-state index is -4.25. The van der Waals surface area contributed by atoms with Crippen LogP contribution >= 0.6 is 0 Å². The van der Waals surface area contributed by atoms with E-state index in [1.807, 2.05) is 18.2 Å². The van der Waals surface area contributed by atoms with Gasteiger partial charge in [0.2, 0.25) is 0 Å². The van der Waals surface area contributed by atoms with Gasteiger partial charge in [0.25, 0.3) is 0 Å². The first kappa shape index (κ1) is 20.4. The highest BCUT2D eigenvalue weighted by Gasteiger charge is 2.31. The molecule has 2 aliphatic rings. The Kier molecular flexibility index (Phi) is 5.69. The predicted octanol–water partition coefficient (Wildman–Crippen LogP) is 5.06. The van der Waals surface area contributed by atoms with Crippen LogP contribution in [0.4, 0.5) is 19.0 Å². The number of halogens is 3. The van der Waals surface area contributed by atoms with Gasteiger partial charge in [-0.2, -0.15) is 13.2 Å². The fourth-order valence-corrected chi connectivity index (χ4v) is 4.56. The quantitative estimate of drug-likeness (QED) is 0.689. The van der Waals surface area contributed by atoms with E-state index >= 15 is 0 Å². The van der Waals surface area contributed by atoms with Gasteiger partial charge in [-0.25, -0.2) is 0 Å². The fourth-order valence-electron chi connectivity index (χ4n) is 4.56. The van der Waals surface area contributed by atoms with Crippen molar-refractivity contribution in [2.24, 2.45) is 0 Å². The monoisotopic (exact) mass is 409 g/mol. The zero-order chi connectivity index (χ0) is 20.6. The SMILES string of the molecule is CC(C)N1CCC(Oc2ccc3c(c2)cc(N2CCCC2)n3CC(F)(F)F)CC1. The summed E-state index contributed by atoms with van der Waals surface area (Å²) in [6.07, 6.45) is -0.0828. The molecule has 2 aliphatic heterocycles. The van der Waals surface area contributed by atoms with Crippen LogP contribution in [-0.2, 0) is 6.54 Å². The first-order valence-corrected chi connectivity index (χ1v) is 10.7. The smallest absolute Gasteiger partial charge is 0.406 e. The van der Waals surface area contributed by atoms with Crippen molar-refractivity contribution in [3.05, 3.63) is 24.3 Å². The molecule has 3 heterocycles. The van der Waals surface area contributed by atoms with Gasteiger partial charge in [-0.1, -0.05) is 0 Å². The normalized spacial score (nSPS) is 19.6. The van der Waals surface area contributed by atoms with E-state index in [1.54, 1.807) is 6.07 Å². The van der Waals surface area contributed by atoms with Crippen LogP contribution in [-0.4, -0.2) is 54.0 Å². The van der Waals surface area contributed by atoms with E-state index in [0.717, 1.165) is 63.0 Å². The van der Waals surface area contributed by atoms with Crippen LogP contribution < -0.4 is 9.64 Å². The van der Waals surface area contributed by atoms with Crippen LogP contribution in [0.3, 0.4) is 0 Å². The number of piperidine rings is 1. The molecule has 0 radical (unpaired) electrons. The number of rotatable bonds is 5. The lowest BCUT2D eigenvalue weighted by Crippen LogP contribution is -2.41. The number of hydrogen-bond acceptors (Lipinski definition) is 3. The van der Waals surface area contributed by atoms with Gasteiger partial charge >= 0.3 is 6.18 Å². The molecule has 0 N–H and O–H groups in total. The third-order valence-corrected chi connectivity index (χ3v) is 6.13. The maximum absolute atomic E-state index is 13.2. The third-order valence-electron chi connectivity index (χ3n) is 6.13. The Bertz CT molecular complexity index is 832. The molecule has 4 nitrogen and oxygen atoms in total. The van der Waals surface area contributed by atoms with Crippen molar-refractivity contribution in [3.8, 4) is 5.75 Å². The van der Waals surface area contributed by atoms with Crippen molar-refractivity contribution in [2.75, 3.05) is 31.1 Å². The Morgan fingerprint density at radius 2 is 1.72 bits per heavy atom. The van der Waals surface area contributed by atoms with Crippen molar-refractivity contribution in [1.82, 2.24) is 9.47 Å². The minimum absolute atomic E-state index is 0.165. The highest BCUT2D eigenvalue weighted by atomic mass is 19.4. The summed E-state index contributed by atoms with van der Waals surface area (Å²) in [5.74, 6) is 1.41. The average Bonchev–Trinajstić information content (AvgIpc) is 3.29. The number of hydrogen-bond donors (Lipinski definition) is 0. The molecule has 0 amide bonds. The van der Waals surface area contributed by atoms with E-state index in [4.69, 9.17) is 4.74 Å². The minimum Gasteiger partial charge on any atom is -0.490 e. The summed E-state index contributed by atoms with van der Waals surface area (Å²) in [6.45, 7) is 7.11. The lowest BCUT2D eigenvalue weighted by atomic mass is 10.1. The van der Waals surface area contributed by atoms with Gasteiger partial charge in [0.1, 0.15) is 24.2 Å². The van der Waals surface area contributed by atoms with Gasteiger partial charge in [-0.15, -0.1) is 0 Å². The average molecular weight is 409 g/mol. The van der Waals surface area contributed by atoms with Crippen LogP contribution in [0.15, 0.2) is 24.3 Å². The van der Waals surface area contributed by atoms with Crippen molar-refractivity contribution in [3.63, 3.8) is 0 Å². The zero-order valence-corrected chi connectivity index (χ0v) is 17.2.